The van der Waals surface area contributed by atoms with Gasteiger partial charge in [-0.1, -0.05) is 6.92 Å². The molecule has 0 radical (unpaired) electrons. The number of hydrogen-bond donors (Lipinski definition) is 3. The van der Waals surface area contributed by atoms with E-state index in [2.05, 4.69) is 17.1 Å². The molecule has 0 saturated carbocycles. The third-order valence-corrected chi connectivity index (χ3v) is 4.43. The van der Waals surface area contributed by atoms with Gasteiger partial charge in [0.05, 0.1) is 18.8 Å². The number of hydrogen-bond acceptors (Lipinski definition) is 5. The molecular weight excluding hydrogens is 260 g/mol. The van der Waals surface area contributed by atoms with Crippen LogP contribution in [0.2, 0.25) is 0 Å². The van der Waals surface area contributed by atoms with Gasteiger partial charge in [-0.3, -0.25) is 9.69 Å². The number of aliphatic hydroxyl groups excluding tert-OH is 2. The molecular formula is C14H26N2O4. The molecule has 2 fully saturated rings. The molecule has 6 nitrogen and oxygen atoms in total. The van der Waals surface area contributed by atoms with E-state index in [1.165, 1.54) is 6.92 Å². The Morgan fingerprint density at radius 3 is 2.55 bits per heavy atom. The van der Waals surface area contributed by atoms with Gasteiger partial charge in [0.1, 0.15) is 12.2 Å². The zero-order valence-corrected chi connectivity index (χ0v) is 12.3. The lowest BCUT2D eigenvalue weighted by Crippen LogP contribution is -2.53. The molecule has 20 heavy (non-hydrogen) atoms. The van der Waals surface area contributed by atoms with Crippen molar-refractivity contribution < 1.29 is 19.7 Å². The van der Waals surface area contributed by atoms with Crippen LogP contribution in [-0.4, -0.2) is 71.6 Å². The summed E-state index contributed by atoms with van der Waals surface area (Å²) in [6.07, 6.45) is 0.699. The maximum absolute atomic E-state index is 11.1. The lowest BCUT2D eigenvalue weighted by Gasteiger charge is -2.38. The zero-order valence-electron chi connectivity index (χ0n) is 12.3. The van der Waals surface area contributed by atoms with Crippen LogP contribution in [-0.2, 0) is 9.53 Å². The van der Waals surface area contributed by atoms with Crippen LogP contribution in [0.15, 0.2) is 0 Å². The zero-order chi connectivity index (χ0) is 14.7. The highest BCUT2D eigenvalue weighted by atomic mass is 16.5. The van der Waals surface area contributed by atoms with E-state index in [1.54, 1.807) is 0 Å². The summed E-state index contributed by atoms with van der Waals surface area (Å²) >= 11 is 0. The van der Waals surface area contributed by atoms with E-state index in [4.69, 9.17) is 4.74 Å². The Kier molecular flexibility index (Phi) is 5.37. The lowest BCUT2D eigenvalue weighted by atomic mass is 9.94. The number of aliphatic hydroxyl groups is 2. The molecule has 4 unspecified atom stereocenters. The van der Waals surface area contributed by atoms with Gasteiger partial charge < -0.3 is 20.3 Å². The van der Waals surface area contributed by atoms with Crippen molar-refractivity contribution in [3.8, 4) is 0 Å². The first-order valence-corrected chi connectivity index (χ1v) is 7.45. The van der Waals surface area contributed by atoms with Crippen molar-refractivity contribution >= 4 is 5.91 Å². The molecule has 0 aromatic carbocycles. The number of carbonyl (C=O) groups excluding carboxylic acids is 1. The molecule has 2 aliphatic heterocycles. The second-order valence-corrected chi connectivity index (χ2v) is 6.03. The summed E-state index contributed by atoms with van der Waals surface area (Å²) in [5, 5.41) is 22.4. The minimum atomic E-state index is -0.702. The van der Waals surface area contributed by atoms with Crippen LogP contribution in [0.1, 0.15) is 26.7 Å². The fourth-order valence-electron chi connectivity index (χ4n) is 3.17. The summed E-state index contributed by atoms with van der Waals surface area (Å²) < 4.78 is 5.71. The van der Waals surface area contributed by atoms with Crippen LogP contribution < -0.4 is 5.32 Å². The van der Waals surface area contributed by atoms with Gasteiger partial charge in [0.25, 0.3) is 0 Å². The number of nitrogens with zero attached hydrogens (tertiary/aromatic N) is 1. The molecule has 2 heterocycles. The molecule has 6 heteroatoms. The Hall–Kier alpha value is -0.690. The predicted molar refractivity (Wildman–Crippen MR) is 74.2 cm³/mol. The van der Waals surface area contributed by atoms with Crippen molar-refractivity contribution in [1.29, 1.82) is 0 Å². The van der Waals surface area contributed by atoms with Crippen molar-refractivity contribution in [2.75, 3.05) is 26.2 Å². The molecule has 2 aliphatic rings. The first-order chi connectivity index (χ1) is 9.52. The quantitative estimate of drug-likeness (QED) is 0.639. The molecule has 0 aliphatic carbocycles. The second kappa shape index (κ2) is 6.85. The molecule has 0 aromatic rings. The summed E-state index contributed by atoms with van der Waals surface area (Å²) in [6.45, 7) is 5.75. The summed E-state index contributed by atoms with van der Waals surface area (Å²) in [4.78, 5) is 13.3. The number of likely N-dealkylation sites (tertiary alicyclic amines) is 1. The monoisotopic (exact) mass is 286 g/mol. The first kappa shape index (κ1) is 15.7. The van der Waals surface area contributed by atoms with E-state index in [9.17, 15) is 15.0 Å². The van der Waals surface area contributed by atoms with Gasteiger partial charge in [-0.25, -0.2) is 0 Å². The van der Waals surface area contributed by atoms with Crippen molar-refractivity contribution in [3.05, 3.63) is 0 Å². The Bertz CT molecular complexity index is 331. The summed E-state index contributed by atoms with van der Waals surface area (Å²) in [5.41, 5.74) is 0. The van der Waals surface area contributed by atoms with E-state index in [1.807, 2.05) is 0 Å². The number of amides is 1. The third kappa shape index (κ3) is 3.49. The topological polar surface area (TPSA) is 82.0 Å². The van der Waals surface area contributed by atoms with Crippen LogP contribution in [0, 0.1) is 5.92 Å². The van der Waals surface area contributed by atoms with E-state index in [0.29, 0.717) is 12.5 Å². The average molecular weight is 286 g/mol. The summed E-state index contributed by atoms with van der Waals surface area (Å²) in [6, 6.07) is -0.147. The smallest absolute Gasteiger partial charge is 0.216 e. The van der Waals surface area contributed by atoms with Crippen molar-refractivity contribution in [1.82, 2.24) is 10.2 Å². The molecule has 0 spiro atoms. The van der Waals surface area contributed by atoms with Crippen molar-refractivity contribution in [2.45, 2.75) is 51.0 Å². The van der Waals surface area contributed by atoms with Gasteiger partial charge >= 0.3 is 0 Å². The SMILES string of the molecule is CC(=O)NCC1OC(CO)C(O)C1N1CCC(C)CC1. The van der Waals surface area contributed by atoms with Gasteiger partial charge in [0.15, 0.2) is 0 Å². The standard InChI is InChI=1S/C14H26N2O4/c1-9-3-5-16(6-4-9)13-11(7-15-10(2)18)20-12(8-17)14(13)19/h9,11-14,17,19H,3-8H2,1-2H3,(H,15,18). The largest absolute Gasteiger partial charge is 0.394 e. The van der Waals surface area contributed by atoms with Gasteiger partial charge in [0, 0.05) is 13.5 Å². The maximum atomic E-state index is 11.1. The number of carbonyl (C=O) groups is 1. The maximum Gasteiger partial charge on any atom is 0.216 e. The van der Waals surface area contributed by atoms with Crippen LogP contribution in [0.5, 0.6) is 0 Å². The second-order valence-electron chi connectivity index (χ2n) is 6.03. The van der Waals surface area contributed by atoms with Gasteiger partial charge in [-0.05, 0) is 31.8 Å². The number of piperidine rings is 1. The molecule has 0 aromatic heterocycles. The Morgan fingerprint density at radius 2 is 2.00 bits per heavy atom. The van der Waals surface area contributed by atoms with Gasteiger partial charge in [0.2, 0.25) is 5.91 Å². The van der Waals surface area contributed by atoms with Crippen LogP contribution in [0.4, 0.5) is 0 Å². The van der Waals surface area contributed by atoms with Crippen LogP contribution in [0.3, 0.4) is 0 Å². The highest BCUT2D eigenvalue weighted by Crippen LogP contribution is 2.29. The highest BCUT2D eigenvalue weighted by Gasteiger charge is 2.46. The van der Waals surface area contributed by atoms with Crippen LogP contribution in [0.25, 0.3) is 0 Å². The lowest BCUT2D eigenvalue weighted by molar-refractivity contribution is -0.119. The molecule has 2 saturated heterocycles. The fraction of sp³-hybridized carbons (Fsp3) is 0.929. The highest BCUT2D eigenvalue weighted by molar-refractivity contribution is 5.72. The number of nitrogens with one attached hydrogen (secondary N) is 1. The Balaban J connectivity index is 2.02. The number of ether oxygens (including phenoxy) is 1. The summed E-state index contributed by atoms with van der Waals surface area (Å²) in [5.74, 6) is 0.606. The Morgan fingerprint density at radius 1 is 1.35 bits per heavy atom. The normalized spacial score (nSPS) is 36.2. The molecule has 116 valence electrons. The van der Waals surface area contributed by atoms with Crippen LogP contribution >= 0.6 is 0 Å². The molecule has 0 bridgehead atoms. The molecule has 2 rings (SSSR count). The molecule has 4 atom stereocenters. The minimum absolute atomic E-state index is 0.110. The predicted octanol–water partition coefficient (Wildman–Crippen LogP) is -0.656. The van der Waals surface area contributed by atoms with Gasteiger partial charge in [-0.15, -0.1) is 0 Å². The van der Waals surface area contributed by atoms with E-state index < -0.39 is 12.2 Å². The van der Waals surface area contributed by atoms with Crippen molar-refractivity contribution in [3.63, 3.8) is 0 Å². The van der Waals surface area contributed by atoms with E-state index in [0.717, 1.165) is 25.9 Å². The first-order valence-electron chi connectivity index (χ1n) is 7.45. The van der Waals surface area contributed by atoms with E-state index in [-0.39, 0.29) is 24.7 Å². The van der Waals surface area contributed by atoms with Crippen molar-refractivity contribution in [2.24, 2.45) is 5.92 Å². The summed E-state index contributed by atoms with van der Waals surface area (Å²) in [7, 11) is 0. The molecule has 1 amide bonds. The number of rotatable bonds is 4. The molecule has 3 N–H and O–H groups in total. The van der Waals surface area contributed by atoms with E-state index >= 15 is 0 Å². The van der Waals surface area contributed by atoms with Gasteiger partial charge in [-0.2, -0.15) is 0 Å². The minimum Gasteiger partial charge on any atom is -0.394 e. The fourth-order valence-corrected chi connectivity index (χ4v) is 3.17. The third-order valence-electron chi connectivity index (χ3n) is 4.43. The Labute approximate surface area is 120 Å². The average Bonchev–Trinajstić information content (AvgIpc) is 2.74.